The van der Waals surface area contributed by atoms with Gasteiger partial charge in [-0.1, -0.05) is 25.5 Å². The van der Waals surface area contributed by atoms with Gasteiger partial charge in [0.1, 0.15) is 0 Å². The molecule has 1 fully saturated rings. The van der Waals surface area contributed by atoms with E-state index in [2.05, 4.69) is 24.2 Å². The summed E-state index contributed by atoms with van der Waals surface area (Å²) in [7, 11) is 1.89. The second-order valence-corrected chi connectivity index (χ2v) is 6.12. The second-order valence-electron chi connectivity index (χ2n) is 6.12. The standard InChI is InChI=1S/C12H22N4/c1-11(2)5-4-6-12(13,9-11)7-10-8-16(3)15-14-10/h8H,4-7,9,13H2,1-3H3. The van der Waals surface area contributed by atoms with Crippen LogP contribution in [0, 0.1) is 5.41 Å². The normalized spacial score (nSPS) is 29.2. The van der Waals surface area contributed by atoms with E-state index in [1.807, 2.05) is 13.2 Å². The molecule has 0 radical (unpaired) electrons. The van der Waals surface area contributed by atoms with Gasteiger partial charge in [0.25, 0.3) is 0 Å². The maximum atomic E-state index is 6.50. The number of aryl methyl sites for hydroxylation is 1. The smallest absolute Gasteiger partial charge is 0.0845 e. The number of nitrogens with two attached hydrogens (primary N) is 1. The Labute approximate surface area is 97.2 Å². The molecule has 1 aromatic heterocycles. The van der Waals surface area contributed by atoms with Crippen molar-refractivity contribution in [2.45, 2.75) is 51.5 Å². The Bertz CT molecular complexity index is 369. The maximum Gasteiger partial charge on any atom is 0.0845 e. The van der Waals surface area contributed by atoms with E-state index < -0.39 is 0 Å². The van der Waals surface area contributed by atoms with Crippen molar-refractivity contribution in [2.24, 2.45) is 18.2 Å². The molecule has 0 amide bonds. The van der Waals surface area contributed by atoms with E-state index in [1.54, 1.807) is 4.68 Å². The summed E-state index contributed by atoms with van der Waals surface area (Å²) in [5.74, 6) is 0. The summed E-state index contributed by atoms with van der Waals surface area (Å²) < 4.78 is 1.74. The van der Waals surface area contributed by atoms with Gasteiger partial charge in [0, 0.05) is 25.2 Å². The van der Waals surface area contributed by atoms with Gasteiger partial charge in [-0.25, -0.2) is 0 Å². The summed E-state index contributed by atoms with van der Waals surface area (Å²) in [4.78, 5) is 0. The third-order valence-electron chi connectivity index (χ3n) is 3.54. The molecular weight excluding hydrogens is 200 g/mol. The number of aromatic nitrogens is 3. The monoisotopic (exact) mass is 222 g/mol. The van der Waals surface area contributed by atoms with E-state index in [0.717, 1.165) is 25.0 Å². The highest BCUT2D eigenvalue weighted by molar-refractivity contribution is 5.05. The van der Waals surface area contributed by atoms with Gasteiger partial charge in [-0.15, -0.1) is 5.10 Å². The van der Waals surface area contributed by atoms with Gasteiger partial charge >= 0.3 is 0 Å². The van der Waals surface area contributed by atoms with Crippen LogP contribution in [0.1, 0.15) is 45.2 Å². The molecule has 90 valence electrons. The molecule has 2 N–H and O–H groups in total. The first-order valence-electron chi connectivity index (χ1n) is 6.03. The van der Waals surface area contributed by atoms with E-state index in [-0.39, 0.29) is 5.54 Å². The van der Waals surface area contributed by atoms with Crippen molar-refractivity contribution in [1.82, 2.24) is 15.0 Å². The first-order valence-corrected chi connectivity index (χ1v) is 6.03. The minimum absolute atomic E-state index is 0.0855. The van der Waals surface area contributed by atoms with Gasteiger partial charge in [-0.05, 0) is 24.7 Å². The van der Waals surface area contributed by atoms with Gasteiger partial charge < -0.3 is 5.73 Å². The molecule has 1 heterocycles. The zero-order valence-corrected chi connectivity index (χ0v) is 10.5. The predicted octanol–water partition coefficient (Wildman–Crippen LogP) is 1.66. The average Bonchev–Trinajstić information content (AvgIpc) is 2.47. The quantitative estimate of drug-likeness (QED) is 0.828. The summed E-state index contributed by atoms with van der Waals surface area (Å²) in [6.45, 7) is 4.62. The van der Waals surface area contributed by atoms with E-state index in [1.165, 1.54) is 12.8 Å². The second kappa shape index (κ2) is 3.84. The highest BCUT2D eigenvalue weighted by Gasteiger charge is 2.37. The van der Waals surface area contributed by atoms with Crippen molar-refractivity contribution in [2.75, 3.05) is 0 Å². The van der Waals surface area contributed by atoms with Crippen LogP contribution >= 0.6 is 0 Å². The summed E-state index contributed by atoms with van der Waals surface area (Å²) in [5.41, 5.74) is 7.80. The van der Waals surface area contributed by atoms with E-state index >= 15 is 0 Å². The molecule has 0 spiro atoms. The first kappa shape index (κ1) is 11.6. The molecule has 1 unspecified atom stereocenters. The molecule has 2 rings (SSSR count). The van der Waals surface area contributed by atoms with Crippen LogP contribution in [-0.4, -0.2) is 20.5 Å². The summed E-state index contributed by atoms with van der Waals surface area (Å²) in [6, 6.07) is 0. The predicted molar refractivity (Wildman–Crippen MR) is 63.9 cm³/mol. The minimum atomic E-state index is -0.0855. The fraction of sp³-hybridized carbons (Fsp3) is 0.833. The van der Waals surface area contributed by atoms with E-state index in [9.17, 15) is 0 Å². The van der Waals surface area contributed by atoms with Crippen LogP contribution in [0.2, 0.25) is 0 Å². The maximum absolute atomic E-state index is 6.50. The van der Waals surface area contributed by atoms with Crippen LogP contribution in [0.15, 0.2) is 6.20 Å². The Kier molecular flexibility index (Phi) is 2.78. The lowest BCUT2D eigenvalue weighted by atomic mass is 9.67. The lowest BCUT2D eigenvalue weighted by Gasteiger charge is -2.42. The molecule has 0 aliphatic heterocycles. The average molecular weight is 222 g/mol. The Hall–Kier alpha value is -0.900. The van der Waals surface area contributed by atoms with Crippen molar-refractivity contribution in [3.63, 3.8) is 0 Å². The molecule has 1 aromatic rings. The molecule has 1 aliphatic carbocycles. The highest BCUT2D eigenvalue weighted by atomic mass is 15.4. The number of nitrogens with zero attached hydrogens (tertiary/aromatic N) is 3. The molecule has 1 saturated carbocycles. The molecule has 4 heteroatoms. The highest BCUT2D eigenvalue weighted by Crippen LogP contribution is 2.40. The van der Waals surface area contributed by atoms with Crippen molar-refractivity contribution in [1.29, 1.82) is 0 Å². The van der Waals surface area contributed by atoms with Gasteiger partial charge in [-0.3, -0.25) is 4.68 Å². The molecule has 1 aliphatic rings. The van der Waals surface area contributed by atoms with Gasteiger partial charge in [0.15, 0.2) is 0 Å². The lowest BCUT2D eigenvalue weighted by molar-refractivity contribution is 0.150. The van der Waals surface area contributed by atoms with Crippen LogP contribution in [0.5, 0.6) is 0 Å². The van der Waals surface area contributed by atoms with Crippen LogP contribution in [-0.2, 0) is 13.5 Å². The zero-order valence-electron chi connectivity index (χ0n) is 10.5. The first-order chi connectivity index (χ1) is 7.39. The summed E-state index contributed by atoms with van der Waals surface area (Å²) in [5, 5.41) is 8.10. The Balaban J connectivity index is 2.07. The van der Waals surface area contributed by atoms with E-state index in [4.69, 9.17) is 5.73 Å². The fourth-order valence-electron chi connectivity index (χ4n) is 3.04. The molecule has 16 heavy (non-hydrogen) atoms. The molecule has 0 saturated heterocycles. The third-order valence-corrected chi connectivity index (χ3v) is 3.54. The van der Waals surface area contributed by atoms with Crippen molar-refractivity contribution >= 4 is 0 Å². The van der Waals surface area contributed by atoms with Gasteiger partial charge in [0.2, 0.25) is 0 Å². The summed E-state index contributed by atoms with van der Waals surface area (Å²) >= 11 is 0. The molecule has 0 aromatic carbocycles. The Morgan fingerprint density at radius 3 is 2.75 bits per heavy atom. The van der Waals surface area contributed by atoms with Crippen LogP contribution in [0.25, 0.3) is 0 Å². The molecular formula is C12H22N4. The minimum Gasteiger partial charge on any atom is -0.325 e. The summed E-state index contributed by atoms with van der Waals surface area (Å²) in [6.07, 6.45) is 7.51. The Morgan fingerprint density at radius 2 is 2.19 bits per heavy atom. The third kappa shape index (κ3) is 2.61. The zero-order chi connectivity index (χ0) is 11.8. The van der Waals surface area contributed by atoms with Gasteiger partial charge in [-0.2, -0.15) is 0 Å². The van der Waals surface area contributed by atoms with Crippen molar-refractivity contribution < 1.29 is 0 Å². The largest absolute Gasteiger partial charge is 0.325 e. The lowest BCUT2D eigenvalue weighted by Crippen LogP contribution is -2.48. The van der Waals surface area contributed by atoms with E-state index in [0.29, 0.717) is 5.41 Å². The topological polar surface area (TPSA) is 56.7 Å². The van der Waals surface area contributed by atoms with Crippen molar-refractivity contribution in [3.05, 3.63) is 11.9 Å². The van der Waals surface area contributed by atoms with Crippen LogP contribution < -0.4 is 5.73 Å². The number of hydrogen-bond acceptors (Lipinski definition) is 3. The number of rotatable bonds is 2. The fourth-order valence-corrected chi connectivity index (χ4v) is 3.04. The van der Waals surface area contributed by atoms with Crippen molar-refractivity contribution in [3.8, 4) is 0 Å². The van der Waals surface area contributed by atoms with Gasteiger partial charge in [0.05, 0.1) is 5.69 Å². The van der Waals surface area contributed by atoms with Crippen LogP contribution in [0.3, 0.4) is 0 Å². The van der Waals surface area contributed by atoms with Crippen LogP contribution in [0.4, 0.5) is 0 Å². The molecule has 0 bridgehead atoms. The number of hydrogen-bond donors (Lipinski definition) is 1. The molecule has 1 atom stereocenters. The molecule has 4 nitrogen and oxygen atoms in total. The SMILES string of the molecule is Cn1cc(CC2(N)CCCC(C)(C)C2)nn1. The Morgan fingerprint density at radius 1 is 1.44 bits per heavy atom.